The van der Waals surface area contributed by atoms with Crippen molar-refractivity contribution in [3.8, 4) is 0 Å². The highest BCUT2D eigenvalue weighted by molar-refractivity contribution is 14.0. The molecule has 3 rings (SSSR count). The van der Waals surface area contributed by atoms with Gasteiger partial charge >= 0.3 is 0 Å². The third-order valence-electron chi connectivity index (χ3n) is 5.27. The molecule has 0 radical (unpaired) electrons. The number of halogens is 1. The van der Waals surface area contributed by atoms with E-state index in [0.29, 0.717) is 5.92 Å². The van der Waals surface area contributed by atoms with Crippen LogP contribution < -0.4 is 10.6 Å². The number of hydrogen-bond donors (Lipinski definition) is 3. The minimum atomic E-state index is -0.149. The zero-order chi connectivity index (χ0) is 16.1. The molecule has 0 spiro atoms. The zero-order valence-corrected chi connectivity index (χ0v) is 16.8. The van der Waals surface area contributed by atoms with E-state index in [2.05, 4.69) is 47.9 Å². The Bertz CT molecular complexity index is 531. The molecule has 1 aromatic rings. The number of nitrogens with zero attached hydrogens (tertiary/aromatic N) is 1. The van der Waals surface area contributed by atoms with Crippen molar-refractivity contribution in [1.82, 2.24) is 10.6 Å². The van der Waals surface area contributed by atoms with Gasteiger partial charge in [0.2, 0.25) is 0 Å². The molecule has 5 heteroatoms. The maximum atomic E-state index is 9.95. The fourth-order valence-electron chi connectivity index (χ4n) is 3.54. The summed E-state index contributed by atoms with van der Waals surface area (Å²) in [7, 11) is 0. The minimum Gasteiger partial charge on any atom is -0.393 e. The summed E-state index contributed by atoms with van der Waals surface area (Å²) in [5.74, 6) is 1.25. The lowest BCUT2D eigenvalue weighted by molar-refractivity contribution is 0.134. The van der Waals surface area contributed by atoms with E-state index in [0.717, 1.165) is 44.9 Å². The summed E-state index contributed by atoms with van der Waals surface area (Å²) in [6.45, 7) is 4.59. The summed E-state index contributed by atoms with van der Waals surface area (Å²) in [6.07, 6.45) is 5.49. The topological polar surface area (TPSA) is 56.7 Å². The highest BCUT2D eigenvalue weighted by atomic mass is 127. The van der Waals surface area contributed by atoms with Crippen LogP contribution in [0.2, 0.25) is 0 Å². The van der Waals surface area contributed by atoms with Crippen molar-refractivity contribution in [2.24, 2.45) is 10.9 Å². The lowest BCUT2D eigenvalue weighted by atomic mass is 9.96. The molecule has 134 valence electrons. The number of benzene rings is 1. The third kappa shape index (κ3) is 4.85. The second-order valence-electron chi connectivity index (χ2n) is 6.98. The smallest absolute Gasteiger partial charge is 0.191 e. The molecule has 2 saturated carbocycles. The van der Waals surface area contributed by atoms with Crippen molar-refractivity contribution in [2.75, 3.05) is 19.6 Å². The molecule has 2 aliphatic carbocycles. The van der Waals surface area contributed by atoms with Crippen LogP contribution in [0.5, 0.6) is 0 Å². The molecular weight excluding hydrogens is 413 g/mol. The van der Waals surface area contributed by atoms with E-state index in [1.165, 1.54) is 18.4 Å². The zero-order valence-electron chi connectivity index (χ0n) is 14.5. The molecule has 0 aromatic heterocycles. The van der Waals surface area contributed by atoms with Crippen LogP contribution in [-0.4, -0.2) is 36.8 Å². The van der Waals surface area contributed by atoms with Gasteiger partial charge in [-0.1, -0.05) is 36.8 Å². The Morgan fingerprint density at radius 1 is 1.21 bits per heavy atom. The molecule has 0 heterocycles. The Hall–Kier alpha value is -0.820. The van der Waals surface area contributed by atoms with Crippen molar-refractivity contribution in [1.29, 1.82) is 0 Å². The Kier molecular flexibility index (Phi) is 7.34. The third-order valence-corrected chi connectivity index (χ3v) is 5.27. The van der Waals surface area contributed by atoms with Crippen molar-refractivity contribution in [3.05, 3.63) is 35.9 Å². The molecule has 2 atom stereocenters. The molecule has 2 fully saturated rings. The van der Waals surface area contributed by atoms with E-state index in [4.69, 9.17) is 4.99 Å². The Morgan fingerprint density at radius 2 is 1.96 bits per heavy atom. The van der Waals surface area contributed by atoms with Crippen molar-refractivity contribution in [2.45, 2.75) is 50.5 Å². The largest absolute Gasteiger partial charge is 0.393 e. The maximum Gasteiger partial charge on any atom is 0.191 e. The first-order valence-electron chi connectivity index (χ1n) is 8.99. The highest BCUT2D eigenvalue weighted by Crippen LogP contribution is 2.48. The molecule has 0 bridgehead atoms. The normalized spacial score (nSPS) is 25.0. The van der Waals surface area contributed by atoms with Crippen molar-refractivity contribution in [3.63, 3.8) is 0 Å². The van der Waals surface area contributed by atoms with Gasteiger partial charge in [0.25, 0.3) is 0 Å². The van der Waals surface area contributed by atoms with E-state index in [-0.39, 0.29) is 35.5 Å². The average molecular weight is 443 g/mol. The SMILES string of the molecule is CCNC(=NCC1(c2ccccc2)CC1)NCC1CCCC1O.I. The number of rotatable bonds is 6. The fraction of sp³-hybridized carbons (Fsp3) is 0.632. The quantitative estimate of drug-likeness (QED) is 0.360. The first-order chi connectivity index (χ1) is 11.2. The van der Waals surface area contributed by atoms with Gasteiger partial charge in [-0.25, -0.2) is 0 Å². The summed E-state index contributed by atoms with van der Waals surface area (Å²) >= 11 is 0. The van der Waals surface area contributed by atoms with Gasteiger partial charge in [0.15, 0.2) is 5.96 Å². The monoisotopic (exact) mass is 443 g/mol. The molecule has 1 aromatic carbocycles. The van der Waals surface area contributed by atoms with Crippen LogP contribution in [0.25, 0.3) is 0 Å². The van der Waals surface area contributed by atoms with Gasteiger partial charge in [-0.15, -0.1) is 24.0 Å². The van der Waals surface area contributed by atoms with Crippen LogP contribution in [-0.2, 0) is 5.41 Å². The average Bonchev–Trinajstić information content (AvgIpc) is 3.27. The van der Waals surface area contributed by atoms with Gasteiger partial charge in [-0.3, -0.25) is 4.99 Å². The standard InChI is InChI=1S/C19H29N3O.HI/c1-2-20-18(21-13-15-7-6-10-17(15)23)22-14-19(11-12-19)16-8-4-3-5-9-16;/h3-5,8-9,15,17,23H,2,6-7,10-14H2,1H3,(H2,20,21,22);1H. The summed E-state index contributed by atoms with van der Waals surface area (Å²) in [5, 5.41) is 16.7. The van der Waals surface area contributed by atoms with Gasteiger partial charge in [-0.05, 0) is 38.2 Å². The molecule has 3 N–H and O–H groups in total. The van der Waals surface area contributed by atoms with Crippen LogP contribution in [0.1, 0.15) is 44.6 Å². The van der Waals surface area contributed by atoms with Gasteiger partial charge in [0.05, 0.1) is 12.6 Å². The van der Waals surface area contributed by atoms with Gasteiger partial charge in [0, 0.05) is 24.4 Å². The molecular formula is C19H30IN3O. The van der Waals surface area contributed by atoms with Crippen LogP contribution in [0.4, 0.5) is 0 Å². The lowest BCUT2D eigenvalue weighted by Crippen LogP contribution is -2.41. The number of hydrogen-bond acceptors (Lipinski definition) is 2. The molecule has 0 aliphatic heterocycles. The number of aliphatic imine (C=N–C) groups is 1. The first kappa shape index (κ1) is 19.5. The summed E-state index contributed by atoms with van der Waals surface area (Å²) in [4.78, 5) is 4.82. The molecule has 24 heavy (non-hydrogen) atoms. The van der Waals surface area contributed by atoms with E-state index in [1.54, 1.807) is 0 Å². The van der Waals surface area contributed by atoms with E-state index < -0.39 is 0 Å². The van der Waals surface area contributed by atoms with Gasteiger partial charge in [-0.2, -0.15) is 0 Å². The Morgan fingerprint density at radius 3 is 2.54 bits per heavy atom. The van der Waals surface area contributed by atoms with E-state index >= 15 is 0 Å². The van der Waals surface area contributed by atoms with Gasteiger partial charge in [0.1, 0.15) is 0 Å². The lowest BCUT2D eigenvalue weighted by Gasteiger charge is -2.19. The highest BCUT2D eigenvalue weighted by Gasteiger charge is 2.44. The van der Waals surface area contributed by atoms with Gasteiger partial charge < -0.3 is 15.7 Å². The second kappa shape index (κ2) is 9.04. The maximum absolute atomic E-state index is 9.95. The Labute approximate surface area is 162 Å². The fourth-order valence-corrected chi connectivity index (χ4v) is 3.54. The van der Waals surface area contributed by atoms with Crippen LogP contribution >= 0.6 is 24.0 Å². The van der Waals surface area contributed by atoms with E-state index in [9.17, 15) is 5.11 Å². The molecule has 2 aliphatic rings. The molecule has 4 nitrogen and oxygen atoms in total. The predicted molar refractivity (Wildman–Crippen MR) is 110 cm³/mol. The minimum absolute atomic E-state index is 0. The van der Waals surface area contributed by atoms with Crippen LogP contribution in [0, 0.1) is 5.92 Å². The summed E-state index contributed by atoms with van der Waals surface area (Å²) in [5.41, 5.74) is 1.65. The molecule has 2 unspecified atom stereocenters. The number of guanidine groups is 1. The van der Waals surface area contributed by atoms with Crippen LogP contribution in [0.15, 0.2) is 35.3 Å². The first-order valence-corrected chi connectivity index (χ1v) is 8.99. The Balaban J connectivity index is 0.00000208. The second-order valence-corrected chi connectivity index (χ2v) is 6.98. The number of nitrogens with one attached hydrogen (secondary N) is 2. The number of aliphatic hydroxyl groups excluding tert-OH is 1. The summed E-state index contributed by atoms with van der Waals surface area (Å²) < 4.78 is 0. The van der Waals surface area contributed by atoms with Crippen molar-refractivity contribution < 1.29 is 5.11 Å². The summed E-state index contributed by atoms with van der Waals surface area (Å²) in [6, 6.07) is 10.7. The molecule has 0 saturated heterocycles. The number of aliphatic hydroxyl groups is 1. The van der Waals surface area contributed by atoms with E-state index in [1.807, 2.05) is 0 Å². The predicted octanol–water partition coefficient (Wildman–Crippen LogP) is 3.05. The van der Waals surface area contributed by atoms with Crippen LogP contribution in [0.3, 0.4) is 0 Å². The van der Waals surface area contributed by atoms with Crippen molar-refractivity contribution >= 4 is 29.9 Å². The molecule has 0 amide bonds.